The van der Waals surface area contributed by atoms with Crippen molar-refractivity contribution in [3.8, 4) is 11.1 Å². The Morgan fingerprint density at radius 3 is 0.980 bits per heavy atom. The summed E-state index contributed by atoms with van der Waals surface area (Å²) in [6.45, 7) is 8.69. The van der Waals surface area contributed by atoms with E-state index in [1.54, 1.807) is 0 Å². The molecule has 250 valence electrons. The summed E-state index contributed by atoms with van der Waals surface area (Å²) in [7, 11) is -1.77. The highest BCUT2D eigenvalue weighted by Crippen LogP contribution is 2.38. The van der Waals surface area contributed by atoms with E-state index >= 15 is 0 Å². The van der Waals surface area contributed by atoms with Crippen molar-refractivity contribution in [3.05, 3.63) is 170 Å². The molecule has 0 fully saturated rings. The van der Waals surface area contributed by atoms with Gasteiger partial charge in [0.2, 0.25) is 0 Å². The van der Waals surface area contributed by atoms with E-state index in [-0.39, 0.29) is 12.1 Å². The highest BCUT2D eigenvalue weighted by molar-refractivity contribution is 7.88. The SMILES string of the molecule is CC(C)N/C(=N/c1cccc(-c2cccc(/N=C(/NC(C)C)P(c3ccccc3)c3ccccc3)c2)c1)P(c1ccccc1)c1ccccc1. The highest BCUT2D eigenvalue weighted by atomic mass is 31.1. The van der Waals surface area contributed by atoms with Gasteiger partial charge in [0.25, 0.3) is 0 Å². The second-order valence-corrected chi connectivity index (χ2v) is 16.8. The van der Waals surface area contributed by atoms with Crippen LogP contribution < -0.4 is 31.9 Å². The van der Waals surface area contributed by atoms with Gasteiger partial charge in [-0.05, 0) is 84.3 Å². The minimum Gasteiger partial charge on any atom is -0.367 e. The highest BCUT2D eigenvalue weighted by Gasteiger charge is 2.23. The normalized spacial score (nSPS) is 12.2. The molecule has 6 rings (SSSR count). The van der Waals surface area contributed by atoms with Crippen molar-refractivity contribution in [1.29, 1.82) is 0 Å². The van der Waals surface area contributed by atoms with Crippen LogP contribution in [0.2, 0.25) is 0 Å². The third kappa shape index (κ3) is 9.21. The van der Waals surface area contributed by atoms with Gasteiger partial charge in [-0.25, -0.2) is 9.98 Å². The number of hydrogen-bond acceptors (Lipinski definition) is 2. The molecule has 6 aromatic rings. The summed E-state index contributed by atoms with van der Waals surface area (Å²) in [6.07, 6.45) is 0. The molecule has 0 heterocycles. The zero-order valence-corrected chi connectivity index (χ0v) is 30.9. The number of nitrogens with zero attached hydrogens (tertiary/aromatic N) is 2. The molecule has 6 aromatic carbocycles. The Hall–Kier alpha value is -4.88. The van der Waals surface area contributed by atoms with Crippen LogP contribution in [0.4, 0.5) is 11.4 Å². The van der Waals surface area contributed by atoms with E-state index in [4.69, 9.17) is 9.98 Å². The number of benzene rings is 6. The lowest BCUT2D eigenvalue weighted by atomic mass is 10.0. The van der Waals surface area contributed by atoms with E-state index in [0.29, 0.717) is 0 Å². The van der Waals surface area contributed by atoms with Crippen molar-refractivity contribution in [2.75, 3.05) is 0 Å². The molecule has 0 saturated carbocycles. The van der Waals surface area contributed by atoms with Crippen molar-refractivity contribution in [2.24, 2.45) is 9.98 Å². The molecule has 0 aliphatic carbocycles. The second-order valence-electron chi connectivity index (χ2n) is 12.6. The average molecular weight is 691 g/mol. The van der Waals surface area contributed by atoms with Crippen LogP contribution in [0.15, 0.2) is 180 Å². The van der Waals surface area contributed by atoms with Crippen molar-refractivity contribution in [3.63, 3.8) is 0 Å². The fraction of sp³-hybridized carbons (Fsp3) is 0.136. The molecular weight excluding hydrogens is 646 g/mol. The van der Waals surface area contributed by atoms with Gasteiger partial charge >= 0.3 is 0 Å². The van der Waals surface area contributed by atoms with Gasteiger partial charge in [0.1, 0.15) is 11.2 Å². The standard InChI is InChI=1S/C44H44N4P2/c1-33(2)45-43(49(39-23-9-5-10-24-39)40-25-11-6-12-26-40)47-37-21-17-19-35(31-37)36-20-18-22-38(32-36)48-44(46-34(3)4)50(41-27-13-7-14-28-41)42-29-15-8-16-30-42/h5-34H,1-4H3,(H,45,47)(H,46,48). The van der Waals surface area contributed by atoms with Crippen LogP contribution in [0.3, 0.4) is 0 Å². The van der Waals surface area contributed by atoms with Crippen LogP contribution in [0.1, 0.15) is 27.7 Å². The summed E-state index contributed by atoms with van der Waals surface area (Å²) in [4.78, 5) is 10.7. The Morgan fingerprint density at radius 1 is 0.400 bits per heavy atom. The summed E-state index contributed by atoms with van der Waals surface area (Å²) in [5, 5.41) is 12.5. The van der Waals surface area contributed by atoms with Gasteiger partial charge in [0.15, 0.2) is 0 Å². The maximum atomic E-state index is 5.33. The summed E-state index contributed by atoms with van der Waals surface area (Å²) in [6, 6.07) is 60.4. The molecule has 0 saturated heterocycles. The number of nitrogens with one attached hydrogen (secondary N) is 2. The van der Waals surface area contributed by atoms with E-state index in [9.17, 15) is 0 Å². The molecule has 0 aromatic heterocycles. The summed E-state index contributed by atoms with van der Waals surface area (Å²) in [5.74, 6) is 0. The maximum Gasteiger partial charge on any atom is 0.134 e. The topological polar surface area (TPSA) is 48.8 Å². The third-order valence-electron chi connectivity index (χ3n) is 7.81. The van der Waals surface area contributed by atoms with Gasteiger partial charge < -0.3 is 10.6 Å². The van der Waals surface area contributed by atoms with E-state index in [0.717, 1.165) is 33.7 Å². The maximum absolute atomic E-state index is 5.33. The lowest BCUT2D eigenvalue weighted by molar-refractivity contribution is 0.740. The van der Waals surface area contributed by atoms with E-state index in [1.165, 1.54) is 21.2 Å². The molecule has 0 aliphatic rings. The number of aliphatic imine (C=N–C) groups is 2. The molecule has 0 unspecified atom stereocenters. The monoisotopic (exact) mass is 690 g/mol. The quantitative estimate of drug-likeness (QED) is 0.0809. The summed E-state index contributed by atoms with van der Waals surface area (Å²) in [5.41, 5.74) is 6.01. The van der Waals surface area contributed by atoms with Crippen LogP contribution >= 0.6 is 15.8 Å². The van der Waals surface area contributed by atoms with Crippen LogP contribution in [-0.4, -0.2) is 23.2 Å². The Morgan fingerprint density at radius 2 is 0.700 bits per heavy atom. The van der Waals surface area contributed by atoms with Crippen molar-refractivity contribution < 1.29 is 0 Å². The lowest BCUT2D eigenvalue weighted by Crippen LogP contribution is -2.34. The zero-order valence-electron chi connectivity index (χ0n) is 29.1. The van der Waals surface area contributed by atoms with Crippen LogP contribution in [-0.2, 0) is 0 Å². The first-order valence-electron chi connectivity index (χ1n) is 17.2. The van der Waals surface area contributed by atoms with Crippen LogP contribution in [0.5, 0.6) is 0 Å². The number of rotatable bonds is 11. The smallest absolute Gasteiger partial charge is 0.134 e. The van der Waals surface area contributed by atoms with Gasteiger partial charge in [0, 0.05) is 27.9 Å². The molecule has 0 bridgehead atoms. The molecule has 0 spiro atoms. The molecule has 0 aliphatic heterocycles. The molecule has 4 nitrogen and oxygen atoms in total. The van der Waals surface area contributed by atoms with E-state index in [2.05, 4.69) is 208 Å². The van der Waals surface area contributed by atoms with Gasteiger partial charge in [0.05, 0.1) is 11.4 Å². The molecule has 0 amide bonds. The molecule has 6 heteroatoms. The van der Waals surface area contributed by atoms with Crippen molar-refractivity contribution in [1.82, 2.24) is 10.6 Å². The van der Waals surface area contributed by atoms with Gasteiger partial charge in [-0.1, -0.05) is 146 Å². The van der Waals surface area contributed by atoms with E-state index < -0.39 is 15.8 Å². The van der Waals surface area contributed by atoms with Gasteiger partial charge in [-0.15, -0.1) is 0 Å². The fourth-order valence-corrected chi connectivity index (χ4v) is 10.3. The first-order valence-corrected chi connectivity index (χ1v) is 19.8. The lowest BCUT2D eigenvalue weighted by Gasteiger charge is -2.24. The van der Waals surface area contributed by atoms with E-state index in [1.807, 2.05) is 0 Å². The second kappa shape index (κ2) is 17.2. The zero-order chi connectivity index (χ0) is 34.7. The average Bonchev–Trinajstić information content (AvgIpc) is 3.13. The van der Waals surface area contributed by atoms with Crippen molar-refractivity contribution in [2.45, 2.75) is 39.8 Å². The third-order valence-corrected chi connectivity index (χ3v) is 12.4. The van der Waals surface area contributed by atoms with Gasteiger partial charge in [-0.2, -0.15) is 0 Å². The van der Waals surface area contributed by atoms with Gasteiger partial charge in [-0.3, -0.25) is 0 Å². The predicted octanol–water partition coefficient (Wildman–Crippen LogP) is 9.59. The minimum atomic E-state index is -0.886. The molecule has 2 N–H and O–H groups in total. The molecule has 0 radical (unpaired) electrons. The largest absolute Gasteiger partial charge is 0.367 e. The first kappa shape index (κ1) is 35.0. The Labute approximate surface area is 300 Å². The molecular formula is C44H44N4P2. The van der Waals surface area contributed by atoms with Crippen LogP contribution in [0.25, 0.3) is 11.1 Å². The summed E-state index contributed by atoms with van der Waals surface area (Å²) >= 11 is 0. The predicted molar refractivity (Wildman–Crippen MR) is 221 cm³/mol. The minimum absolute atomic E-state index is 0.231. The fourth-order valence-electron chi connectivity index (χ4n) is 5.66. The van der Waals surface area contributed by atoms with Crippen LogP contribution in [0, 0.1) is 0 Å². The number of amidine groups is 2. The van der Waals surface area contributed by atoms with Crippen molar-refractivity contribution >= 4 is 59.6 Å². The molecule has 0 atom stereocenters. The Bertz CT molecular complexity index is 1780. The Kier molecular flexibility index (Phi) is 12.0. The number of hydrogen-bond donors (Lipinski definition) is 2. The molecule has 50 heavy (non-hydrogen) atoms. The summed E-state index contributed by atoms with van der Waals surface area (Å²) < 4.78 is 0. The first-order chi connectivity index (χ1) is 24.4. The Balaban J connectivity index is 1.39.